The van der Waals surface area contributed by atoms with Crippen LogP contribution in [0.5, 0.6) is 0 Å². The van der Waals surface area contributed by atoms with E-state index >= 15 is 0 Å². The molecule has 2 nitrogen and oxygen atoms in total. The average molecular weight is 826 g/mol. The van der Waals surface area contributed by atoms with E-state index in [0.29, 0.717) is 11.1 Å². The minimum atomic E-state index is -0.480. The number of hydrogen-bond donors (Lipinski definition) is 0. The van der Waals surface area contributed by atoms with Crippen LogP contribution in [-0.4, -0.2) is 9.97 Å². The normalized spacial score (nSPS) is 13.2. The Kier molecular flexibility index (Phi) is 7.11. The van der Waals surface area contributed by atoms with Crippen LogP contribution in [0.15, 0.2) is 207 Å². The van der Waals surface area contributed by atoms with Crippen LogP contribution in [0.25, 0.3) is 132 Å². The zero-order valence-electron chi connectivity index (χ0n) is 40.8. The van der Waals surface area contributed by atoms with E-state index in [1.165, 1.54) is 42.8 Å². The van der Waals surface area contributed by atoms with Crippen molar-refractivity contribution >= 4 is 77.6 Å². The molecule has 3 heteroatoms. The molecule has 0 amide bonds. The van der Waals surface area contributed by atoms with Crippen LogP contribution in [0.3, 0.4) is 0 Å². The van der Waals surface area contributed by atoms with Gasteiger partial charge in [-0.15, -0.1) is 11.3 Å². The molecule has 0 bridgehead atoms. The van der Waals surface area contributed by atoms with Crippen LogP contribution >= 0.6 is 11.3 Å². The lowest BCUT2D eigenvalue weighted by molar-refractivity contribution is 1.36. The third-order valence-electron chi connectivity index (χ3n) is 12.1. The molecule has 0 unspecified atom stereocenters. The van der Waals surface area contributed by atoms with Gasteiger partial charge in [0.2, 0.25) is 0 Å². The molecule has 0 saturated carbocycles. The minimum Gasteiger partial charge on any atom is -0.254 e. The van der Waals surface area contributed by atoms with Crippen LogP contribution < -0.4 is 0 Å². The lowest BCUT2D eigenvalue weighted by Gasteiger charge is -2.16. The molecule has 0 spiro atoms. The van der Waals surface area contributed by atoms with Crippen LogP contribution in [0, 0.1) is 0 Å². The van der Waals surface area contributed by atoms with E-state index in [9.17, 15) is 1.37 Å². The quantitative estimate of drug-likeness (QED) is 0.143. The van der Waals surface area contributed by atoms with Crippen LogP contribution in [0.2, 0.25) is 0 Å². The summed E-state index contributed by atoms with van der Waals surface area (Å²) < 4.78 is 60.9. The SMILES string of the molecule is [2H]c1nc2c(c([2H])c1[2H])c([2H])c([2H])c1c([2H])c([2H])c(-c3ccc(-c4cccc(-c5sc(-c6ccc7ccc8cccc9ccc6c7c89)c(-c6ccccc6)c5-c5ccccc5)c4)c(C=C)c3C=C)nc12. The van der Waals surface area contributed by atoms with E-state index in [-0.39, 0.29) is 39.6 Å². The smallest absolute Gasteiger partial charge is 0.0972 e. The Labute approximate surface area is 379 Å². The molecule has 0 radical (unpaired) electrons. The Balaban J connectivity index is 1.07. The van der Waals surface area contributed by atoms with Gasteiger partial charge in [0, 0.05) is 49.0 Å². The van der Waals surface area contributed by atoms with Gasteiger partial charge in [0.25, 0.3) is 0 Å². The highest BCUT2D eigenvalue weighted by Crippen LogP contribution is 2.54. The van der Waals surface area contributed by atoms with Gasteiger partial charge >= 0.3 is 0 Å². The second-order valence-corrected chi connectivity index (χ2v) is 16.6. The van der Waals surface area contributed by atoms with E-state index in [2.05, 4.69) is 152 Å². The van der Waals surface area contributed by atoms with Gasteiger partial charge in [-0.1, -0.05) is 195 Å². The first-order valence-corrected chi connectivity index (χ1v) is 21.5. The fourth-order valence-corrected chi connectivity index (χ4v) is 10.7. The summed E-state index contributed by atoms with van der Waals surface area (Å²) in [5.74, 6) is 0. The molecule has 63 heavy (non-hydrogen) atoms. The summed E-state index contributed by atoms with van der Waals surface area (Å²) in [6.45, 7) is 8.44. The Morgan fingerprint density at radius 2 is 1.03 bits per heavy atom. The molecule has 3 aromatic heterocycles. The average Bonchev–Trinajstić information content (AvgIpc) is 3.80. The van der Waals surface area contributed by atoms with E-state index in [1.54, 1.807) is 23.5 Å². The number of rotatable bonds is 8. The molecular formula is C60H38N2S. The number of pyridine rings is 2. The van der Waals surface area contributed by atoms with Gasteiger partial charge in [-0.25, -0.2) is 4.98 Å². The number of nitrogens with zero attached hydrogens (tertiary/aromatic N) is 2. The highest BCUT2D eigenvalue weighted by atomic mass is 32.1. The first-order chi connectivity index (χ1) is 34.1. The number of aromatic nitrogens is 2. The summed E-state index contributed by atoms with van der Waals surface area (Å²) in [7, 11) is 0. The summed E-state index contributed by atoms with van der Waals surface area (Å²) in [4.78, 5) is 11.4. The van der Waals surface area contributed by atoms with Crippen molar-refractivity contribution in [3.63, 3.8) is 0 Å². The highest BCUT2D eigenvalue weighted by molar-refractivity contribution is 7.20. The van der Waals surface area contributed by atoms with E-state index in [4.69, 9.17) is 13.2 Å². The lowest BCUT2D eigenvalue weighted by Crippen LogP contribution is -1.95. The van der Waals surface area contributed by atoms with Crippen molar-refractivity contribution < 1.29 is 9.60 Å². The van der Waals surface area contributed by atoms with Crippen LogP contribution in [0.4, 0.5) is 0 Å². The molecule has 9 aromatic carbocycles. The molecule has 0 N–H and O–H groups in total. The Morgan fingerprint density at radius 3 is 1.78 bits per heavy atom. The molecule has 0 fully saturated rings. The van der Waals surface area contributed by atoms with Crippen LogP contribution in [-0.2, 0) is 0 Å². The Morgan fingerprint density at radius 1 is 0.460 bits per heavy atom. The van der Waals surface area contributed by atoms with Crippen molar-refractivity contribution in [1.82, 2.24) is 9.97 Å². The maximum Gasteiger partial charge on any atom is 0.0972 e. The molecule has 3 heterocycles. The maximum absolute atomic E-state index is 9.21. The molecule has 0 aliphatic heterocycles. The lowest BCUT2D eigenvalue weighted by atomic mass is 9.87. The van der Waals surface area contributed by atoms with Gasteiger partial charge in [0.1, 0.15) is 0 Å². The van der Waals surface area contributed by atoms with E-state index in [1.807, 2.05) is 18.2 Å². The molecular weight excluding hydrogens is 781 g/mol. The number of hydrogen-bond acceptors (Lipinski definition) is 3. The van der Waals surface area contributed by atoms with E-state index in [0.717, 1.165) is 49.4 Å². The Hall–Kier alpha value is -7.98. The fourth-order valence-electron chi connectivity index (χ4n) is 9.32. The van der Waals surface area contributed by atoms with Crippen molar-refractivity contribution in [2.45, 2.75) is 0 Å². The van der Waals surface area contributed by atoms with Crippen molar-refractivity contribution in [2.24, 2.45) is 0 Å². The number of thiophene rings is 1. The summed E-state index contributed by atoms with van der Waals surface area (Å²) in [6, 6.07) is 51.3. The largest absolute Gasteiger partial charge is 0.254 e. The second-order valence-electron chi connectivity index (χ2n) is 15.6. The maximum atomic E-state index is 9.21. The van der Waals surface area contributed by atoms with Gasteiger partial charge in [-0.05, 0) is 89.4 Å². The third kappa shape index (κ3) is 5.93. The summed E-state index contributed by atoms with van der Waals surface area (Å²) in [6.07, 6.45) is 2.96. The predicted octanol–water partition coefficient (Wildman–Crippen LogP) is 17.0. The van der Waals surface area contributed by atoms with Gasteiger partial charge in [0.15, 0.2) is 0 Å². The molecule has 0 atom stereocenters. The van der Waals surface area contributed by atoms with Crippen molar-refractivity contribution in [3.8, 4) is 65.5 Å². The zero-order chi connectivity index (χ0) is 48.1. The zero-order valence-corrected chi connectivity index (χ0v) is 34.6. The fraction of sp³-hybridized carbons (Fsp3) is 0. The minimum absolute atomic E-state index is 0.0162. The molecule has 12 rings (SSSR count). The summed E-state index contributed by atoms with van der Waals surface area (Å²) in [5, 5.41) is 7.22. The molecule has 0 saturated heterocycles. The second kappa shape index (κ2) is 14.9. The van der Waals surface area contributed by atoms with Gasteiger partial charge in [-0.2, -0.15) is 0 Å². The Bertz CT molecular complexity index is 4170. The monoisotopic (exact) mass is 825 g/mol. The summed E-state index contributed by atoms with van der Waals surface area (Å²) in [5.41, 5.74) is 10.5. The van der Waals surface area contributed by atoms with Crippen LogP contribution in [0.1, 0.15) is 20.7 Å². The van der Waals surface area contributed by atoms with Crippen molar-refractivity contribution in [2.75, 3.05) is 0 Å². The van der Waals surface area contributed by atoms with Gasteiger partial charge in [0.05, 0.1) is 26.3 Å². The predicted molar refractivity (Wildman–Crippen MR) is 271 cm³/mol. The van der Waals surface area contributed by atoms with Crippen molar-refractivity contribution in [3.05, 3.63) is 218 Å². The topological polar surface area (TPSA) is 25.8 Å². The highest BCUT2D eigenvalue weighted by Gasteiger charge is 2.25. The van der Waals surface area contributed by atoms with E-state index < -0.39 is 30.3 Å². The third-order valence-corrected chi connectivity index (χ3v) is 13.4. The number of fused-ring (bicyclic) bond motifs is 3. The number of benzene rings is 9. The molecule has 12 aromatic rings. The van der Waals surface area contributed by atoms with Gasteiger partial charge < -0.3 is 0 Å². The molecule has 0 aliphatic rings. The first-order valence-electron chi connectivity index (χ1n) is 24.2. The summed E-state index contributed by atoms with van der Waals surface area (Å²) >= 11 is 1.80. The standard InChI is InChI=1S/C60H38N2S/c1-3-46-47(4-2)49(52-34-29-43-26-25-42-22-13-35-61-57(42)58(43)62-52)33-32-48(46)44-20-12-21-45(36-44)59-55(37-14-7-5-8-15-37)56(38-16-9-6-10-17-38)60(63-59)51-31-28-41-24-23-39-18-11-19-40-27-30-50(51)54(41)53(39)40/h3-36H,1-2H2/i13D,22D,25D,26D,29D,34D,35D. The first kappa shape index (κ1) is 30.1. The molecule has 0 aliphatic carbocycles. The van der Waals surface area contributed by atoms with Crippen molar-refractivity contribution in [1.29, 1.82) is 0 Å². The van der Waals surface area contributed by atoms with Gasteiger partial charge in [-0.3, -0.25) is 4.98 Å². The molecule has 294 valence electrons.